The maximum absolute atomic E-state index is 5.90. The molecule has 2 fully saturated rings. The number of rotatable bonds is 5. The second-order valence-electron chi connectivity index (χ2n) is 6.33. The summed E-state index contributed by atoms with van der Waals surface area (Å²) >= 11 is 5.87. The molecule has 23 heavy (non-hydrogen) atoms. The van der Waals surface area contributed by atoms with E-state index >= 15 is 0 Å². The molecule has 2 aromatic carbocycles. The minimum atomic E-state index is 0.472. The van der Waals surface area contributed by atoms with E-state index in [1.54, 1.807) is 0 Å². The van der Waals surface area contributed by atoms with Gasteiger partial charge in [-0.3, -0.25) is 0 Å². The van der Waals surface area contributed by atoms with Crippen LogP contribution in [-0.4, -0.2) is 18.8 Å². The number of hydrogen-bond acceptors (Lipinski definition) is 3. The molecule has 2 saturated heterocycles. The Morgan fingerprint density at radius 1 is 1.00 bits per heavy atom. The van der Waals surface area contributed by atoms with Gasteiger partial charge in [0, 0.05) is 23.2 Å². The standard InChI is InChI=1S/C19H20ClNO2/c20-14-1-5-16(6-2-14)22-17-7-3-15(4-8-17)21-12-13-11-18-9-10-19(13)23-18/h1-8,13,18-19,21H,9-12H2. The van der Waals surface area contributed by atoms with E-state index < -0.39 is 0 Å². The van der Waals surface area contributed by atoms with Crippen molar-refractivity contribution in [1.29, 1.82) is 0 Å². The zero-order valence-electron chi connectivity index (χ0n) is 12.9. The molecular formula is C19H20ClNO2. The van der Waals surface area contributed by atoms with Gasteiger partial charge in [0.1, 0.15) is 11.5 Å². The summed E-state index contributed by atoms with van der Waals surface area (Å²) in [5, 5.41) is 4.23. The molecule has 0 saturated carbocycles. The van der Waals surface area contributed by atoms with E-state index in [2.05, 4.69) is 17.4 Å². The second-order valence-corrected chi connectivity index (χ2v) is 6.77. The topological polar surface area (TPSA) is 30.5 Å². The first kappa shape index (κ1) is 14.9. The SMILES string of the molecule is Clc1ccc(Oc2ccc(NCC3CC4CCC3O4)cc2)cc1. The van der Waals surface area contributed by atoms with Gasteiger partial charge in [0.25, 0.3) is 0 Å². The zero-order valence-corrected chi connectivity index (χ0v) is 13.6. The smallest absolute Gasteiger partial charge is 0.127 e. The molecule has 2 heterocycles. The molecule has 2 aliphatic rings. The van der Waals surface area contributed by atoms with Gasteiger partial charge in [0.2, 0.25) is 0 Å². The van der Waals surface area contributed by atoms with Crippen molar-refractivity contribution in [3.05, 3.63) is 53.6 Å². The molecule has 3 nitrogen and oxygen atoms in total. The first-order chi connectivity index (χ1) is 11.3. The van der Waals surface area contributed by atoms with Crippen LogP contribution in [0.2, 0.25) is 5.02 Å². The van der Waals surface area contributed by atoms with Crippen molar-refractivity contribution in [2.45, 2.75) is 31.5 Å². The highest BCUT2D eigenvalue weighted by Crippen LogP contribution is 2.38. The van der Waals surface area contributed by atoms with E-state index in [-0.39, 0.29) is 0 Å². The van der Waals surface area contributed by atoms with Crippen LogP contribution in [0.5, 0.6) is 11.5 Å². The molecule has 120 valence electrons. The minimum absolute atomic E-state index is 0.472. The lowest BCUT2D eigenvalue weighted by molar-refractivity contribution is 0.0941. The van der Waals surface area contributed by atoms with Crippen LogP contribution in [0.25, 0.3) is 0 Å². The van der Waals surface area contributed by atoms with E-state index in [0.717, 1.165) is 23.7 Å². The molecule has 4 heteroatoms. The lowest BCUT2D eigenvalue weighted by atomic mass is 9.89. The molecule has 3 unspecified atom stereocenters. The molecular weight excluding hydrogens is 310 g/mol. The Labute approximate surface area is 141 Å². The highest BCUT2D eigenvalue weighted by molar-refractivity contribution is 6.30. The van der Waals surface area contributed by atoms with E-state index in [1.807, 2.05) is 36.4 Å². The van der Waals surface area contributed by atoms with Gasteiger partial charge < -0.3 is 14.8 Å². The molecule has 0 spiro atoms. The lowest BCUT2D eigenvalue weighted by Crippen LogP contribution is -2.24. The highest BCUT2D eigenvalue weighted by Gasteiger charge is 2.40. The Morgan fingerprint density at radius 3 is 2.30 bits per heavy atom. The Balaban J connectivity index is 1.32. The van der Waals surface area contributed by atoms with Crippen molar-refractivity contribution >= 4 is 17.3 Å². The van der Waals surface area contributed by atoms with Gasteiger partial charge in [-0.2, -0.15) is 0 Å². The summed E-state index contributed by atoms with van der Waals surface area (Å²) in [6.07, 6.45) is 4.67. The monoisotopic (exact) mass is 329 g/mol. The predicted octanol–water partition coefficient (Wildman–Crippen LogP) is 5.11. The third kappa shape index (κ3) is 3.46. The maximum atomic E-state index is 5.90. The van der Waals surface area contributed by atoms with Crippen molar-refractivity contribution in [2.75, 3.05) is 11.9 Å². The molecule has 0 radical (unpaired) electrons. The van der Waals surface area contributed by atoms with Crippen molar-refractivity contribution in [3.63, 3.8) is 0 Å². The van der Waals surface area contributed by atoms with Crippen molar-refractivity contribution in [3.8, 4) is 11.5 Å². The number of ether oxygens (including phenoxy) is 2. The van der Waals surface area contributed by atoms with Crippen LogP contribution in [0.3, 0.4) is 0 Å². The molecule has 2 bridgehead atoms. The number of fused-ring (bicyclic) bond motifs is 2. The molecule has 1 N–H and O–H groups in total. The van der Waals surface area contributed by atoms with Crippen LogP contribution in [0, 0.1) is 5.92 Å². The predicted molar refractivity (Wildman–Crippen MR) is 92.5 cm³/mol. The van der Waals surface area contributed by atoms with Gasteiger partial charge in [-0.15, -0.1) is 0 Å². The lowest BCUT2D eigenvalue weighted by Gasteiger charge is -2.19. The summed E-state index contributed by atoms with van der Waals surface area (Å²) in [5.74, 6) is 2.26. The third-order valence-electron chi connectivity index (χ3n) is 4.70. The highest BCUT2D eigenvalue weighted by atomic mass is 35.5. The van der Waals surface area contributed by atoms with Gasteiger partial charge >= 0.3 is 0 Å². The Kier molecular flexibility index (Phi) is 4.15. The fourth-order valence-electron chi connectivity index (χ4n) is 3.49. The third-order valence-corrected chi connectivity index (χ3v) is 4.96. The largest absolute Gasteiger partial charge is 0.457 e. The Hall–Kier alpha value is -1.71. The number of hydrogen-bond donors (Lipinski definition) is 1. The van der Waals surface area contributed by atoms with Gasteiger partial charge in [-0.1, -0.05) is 11.6 Å². The van der Waals surface area contributed by atoms with Gasteiger partial charge in [0.15, 0.2) is 0 Å². The fourth-order valence-corrected chi connectivity index (χ4v) is 3.61. The quantitative estimate of drug-likeness (QED) is 0.826. The van der Waals surface area contributed by atoms with Crippen LogP contribution in [-0.2, 0) is 4.74 Å². The summed E-state index contributed by atoms with van der Waals surface area (Å²) < 4.78 is 11.7. The van der Waals surface area contributed by atoms with Crippen LogP contribution in [0.4, 0.5) is 5.69 Å². The summed E-state index contributed by atoms with van der Waals surface area (Å²) in [5.41, 5.74) is 1.12. The Morgan fingerprint density at radius 2 is 1.70 bits per heavy atom. The van der Waals surface area contributed by atoms with Gasteiger partial charge in [0.05, 0.1) is 12.2 Å². The molecule has 4 rings (SSSR count). The minimum Gasteiger partial charge on any atom is -0.457 e. The molecule has 2 aliphatic heterocycles. The zero-order chi connectivity index (χ0) is 15.6. The second kappa shape index (κ2) is 6.42. The summed E-state index contributed by atoms with van der Waals surface area (Å²) in [6, 6.07) is 15.4. The summed E-state index contributed by atoms with van der Waals surface area (Å²) in [4.78, 5) is 0. The van der Waals surface area contributed by atoms with Crippen LogP contribution >= 0.6 is 11.6 Å². The molecule has 0 aliphatic carbocycles. The first-order valence-electron chi connectivity index (χ1n) is 8.19. The maximum Gasteiger partial charge on any atom is 0.127 e. The molecule has 0 aromatic heterocycles. The fraction of sp³-hybridized carbons (Fsp3) is 0.368. The van der Waals surface area contributed by atoms with Crippen molar-refractivity contribution in [2.24, 2.45) is 5.92 Å². The average molecular weight is 330 g/mol. The van der Waals surface area contributed by atoms with E-state index in [4.69, 9.17) is 21.1 Å². The summed E-state index contributed by atoms with van der Waals surface area (Å²) in [6.45, 7) is 0.985. The molecule has 2 aromatic rings. The number of anilines is 1. The van der Waals surface area contributed by atoms with E-state index in [9.17, 15) is 0 Å². The number of benzene rings is 2. The molecule has 3 atom stereocenters. The van der Waals surface area contributed by atoms with Crippen LogP contribution in [0.1, 0.15) is 19.3 Å². The number of halogens is 1. The average Bonchev–Trinajstić information content (AvgIpc) is 3.19. The van der Waals surface area contributed by atoms with Gasteiger partial charge in [-0.25, -0.2) is 0 Å². The van der Waals surface area contributed by atoms with Crippen LogP contribution in [0.15, 0.2) is 48.5 Å². The number of nitrogens with one attached hydrogen (secondary N) is 1. The normalized spacial score (nSPS) is 25.5. The van der Waals surface area contributed by atoms with Crippen molar-refractivity contribution in [1.82, 2.24) is 0 Å². The first-order valence-corrected chi connectivity index (χ1v) is 8.57. The van der Waals surface area contributed by atoms with E-state index in [0.29, 0.717) is 23.1 Å². The van der Waals surface area contributed by atoms with Crippen LogP contribution < -0.4 is 10.1 Å². The van der Waals surface area contributed by atoms with Gasteiger partial charge in [-0.05, 0) is 67.8 Å². The van der Waals surface area contributed by atoms with Crippen molar-refractivity contribution < 1.29 is 9.47 Å². The molecule has 0 amide bonds. The summed E-state index contributed by atoms with van der Waals surface area (Å²) in [7, 11) is 0. The Bertz CT molecular complexity index is 656. The van der Waals surface area contributed by atoms with E-state index in [1.165, 1.54) is 19.3 Å².